The van der Waals surface area contributed by atoms with Crippen LogP contribution < -0.4 is 5.32 Å². The van der Waals surface area contributed by atoms with Gasteiger partial charge in [-0.05, 0) is 24.5 Å². The van der Waals surface area contributed by atoms with Crippen molar-refractivity contribution in [3.63, 3.8) is 0 Å². The van der Waals surface area contributed by atoms with E-state index >= 15 is 0 Å². The van der Waals surface area contributed by atoms with Crippen LogP contribution >= 0.6 is 0 Å². The van der Waals surface area contributed by atoms with E-state index in [1.165, 1.54) is 0 Å². The Hall–Kier alpha value is -1.42. The lowest BCUT2D eigenvalue weighted by Gasteiger charge is -2.27. The molecule has 1 aromatic heterocycles. The van der Waals surface area contributed by atoms with E-state index in [2.05, 4.69) is 17.2 Å². The second-order valence-electron chi connectivity index (χ2n) is 4.83. The smallest absolute Gasteiger partial charge is 0.222 e. The number of nitrogens with zero attached hydrogens (tertiary/aromatic N) is 2. The van der Waals surface area contributed by atoms with Crippen molar-refractivity contribution >= 4 is 5.91 Å². The number of rotatable bonds is 4. The van der Waals surface area contributed by atoms with E-state index in [-0.39, 0.29) is 5.91 Å². The molecule has 0 saturated carbocycles. The number of piperazine rings is 1. The molecular formula is C14H21N3O. The van der Waals surface area contributed by atoms with Crippen molar-refractivity contribution in [1.29, 1.82) is 0 Å². The van der Waals surface area contributed by atoms with Crippen molar-refractivity contribution in [2.24, 2.45) is 0 Å². The minimum Gasteiger partial charge on any atom is -0.340 e. The molecule has 1 N–H and O–H groups in total. The second-order valence-corrected chi connectivity index (χ2v) is 4.83. The van der Waals surface area contributed by atoms with E-state index in [0.717, 1.165) is 38.3 Å². The van der Waals surface area contributed by atoms with Gasteiger partial charge in [0.25, 0.3) is 0 Å². The van der Waals surface area contributed by atoms with Crippen LogP contribution in [0.15, 0.2) is 24.4 Å². The van der Waals surface area contributed by atoms with E-state index in [1.54, 1.807) is 0 Å². The van der Waals surface area contributed by atoms with Crippen LogP contribution in [0.3, 0.4) is 0 Å². The number of aromatic nitrogens is 1. The molecule has 0 radical (unpaired) electrons. The first kappa shape index (κ1) is 13.0. The molecule has 1 aliphatic heterocycles. The Morgan fingerprint density at radius 2 is 2.22 bits per heavy atom. The summed E-state index contributed by atoms with van der Waals surface area (Å²) in [5, 5.41) is 3.26. The van der Waals surface area contributed by atoms with E-state index in [4.69, 9.17) is 0 Å². The third-order valence-corrected chi connectivity index (χ3v) is 3.45. The van der Waals surface area contributed by atoms with Crippen LogP contribution in [0.25, 0.3) is 0 Å². The highest BCUT2D eigenvalue weighted by atomic mass is 16.2. The summed E-state index contributed by atoms with van der Waals surface area (Å²) in [5.41, 5.74) is 1.07. The minimum atomic E-state index is 0.277. The summed E-state index contributed by atoms with van der Waals surface area (Å²) < 4.78 is 0. The quantitative estimate of drug-likeness (QED) is 0.874. The molecule has 98 valence electrons. The molecule has 0 aromatic carbocycles. The average Bonchev–Trinajstić information content (AvgIpc) is 2.46. The first-order valence-corrected chi connectivity index (χ1v) is 6.67. The van der Waals surface area contributed by atoms with Crippen molar-refractivity contribution in [1.82, 2.24) is 15.2 Å². The Kier molecular flexibility index (Phi) is 4.70. The molecule has 1 aromatic rings. The lowest BCUT2D eigenvalue weighted by atomic mass is 10.0. The van der Waals surface area contributed by atoms with E-state index < -0.39 is 0 Å². The Bertz CT molecular complexity index is 374. The fourth-order valence-corrected chi connectivity index (χ4v) is 2.23. The maximum atomic E-state index is 12.0. The highest BCUT2D eigenvalue weighted by molar-refractivity contribution is 5.76. The number of hydrogen-bond acceptors (Lipinski definition) is 3. The van der Waals surface area contributed by atoms with E-state index in [0.29, 0.717) is 12.3 Å². The Labute approximate surface area is 108 Å². The number of carbonyl (C=O) groups excluding carboxylic acids is 1. The lowest BCUT2D eigenvalue weighted by Crippen LogP contribution is -2.46. The third kappa shape index (κ3) is 3.53. The van der Waals surface area contributed by atoms with Crippen LogP contribution in [0.1, 0.15) is 31.4 Å². The summed E-state index contributed by atoms with van der Waals surface area (Å²) in [6, 6.07) is 5.94. The van der Waals surface area contributed by atoms with E-state index in [9.17, 15) is 4.79 Å². The van der Waals surface area contributed by atoms with Gasteiger partial charge in [0.15, 0.2) is 0 Å². The second kappa shape index (κ2) is 6.50. The third-order valence-electron chi connectivity index (χ3n) is 3.45. The molecule has 1 fully saturated rings. The Balaban J connectivity index is 1.78. The van der Waals surface area contributed by atoms with Crippen molar-refractivity contribution in [3.05, 3.63) is 30.1 Å². The Morgan fingerprint density at radius 3 is 2.89 bits per heavy atom. The van der Waals surface area contributed by atoms with Gasteiger partial charge in [0.05, 0.1) is 0 Å². The first-order chi connectivity index (χ1) is 8.77. The molecule has 1 aliphatic rings. The van der Waals surface area contributed by atoms with Crippen molar-refractivity contribution in [2.45, 2.75) is 25.7 Å². The van der Waals surface area contributed by atoms with Gasteiger partial charge in [0, 0.05) is 44.5 Å². The molecule has 2 heterocycles. The fourth-order valence-electron chi connectivity index (χ4n) is 2.23. The number of amides is 1. The average molecular weight is 247 g/mol. The maximum absolute atomic E-state index is 12.0. The van der Waals surface area contributed by atoms with Gasteiger partial charge >= 0.3 is 0 Å². The number of carbonyl (C=O) groups is 1. The lowest BCUT2D eigenvalue weighted by molar-refractivity contribution is -0.131. The highest BCUT2D eigenvalue weighted by Crippen LogP contribution is 2.18. The molecule has 4 nitrogen and oxygen atoms in total. The number of hydrogen-bond donors (Lipinski definition) is 1. The molecular weight excluding hydrogens is 226 g/mol. The fraction of sp³-hybridized carbons (Fsp3) is 0.571. The predicted octanol–water partition coefficient (Wildman–Crippen LogP) is 1.40. The minimum absolute atomic E-state index is 0.277. The van der Waals surface area contributed by atoms with E-state index in [1.807, 2.05) is 29.3 Å². The van der Waals surface area contributed by atoms with Crippen LogP contribution in [0.2, 0.25) is 0 Å². The zero-order valence-corrected chi connectivity index (χ0v) is 10.9. The van der Waals surface area contributed by atoms with Gasteiger partial charge in [-0.15, -0.1) is 0 Å². The van der Waals surface area contributed by atoms with Crippen LogP contribution in [-0.4, -0.2) is 42.0 Å². The molecule has 18 heavy (non-hydrogen) atoms. The largest absolute Gasteiger partial charge is 0.340 e. The molecule has 2 rings (SSSR count). The predicted molar refractivity (Wildman–Crippen MR) is 71.3 cm³/mol. The van der Waals surface area contributed by atoms with Gasteiger partial charge in [-0.1, -0.05) is 13.0 Å². The monoisotopic (exact) mass is 247 g/mol. The topological polar surface area (TPSA) is 45.2 Å². The zero-order chi connectivity index (χ0) is 12.8. The molecule has 0 spiro atoms. The summed E-state index contributed by atoms with van der Waals surface area (Å²) in [6.45, 7) is 5.66. The van der Waals surface area contributed by atoms with Crippen LogP contribution in [0.4, 0.5) is 0 Å². The van der Waals surface area contributed by atoms with Crippen LogP contribution in [-0.2, 0) is 4.79 Å². The first-order valence-electron chi connectivity index (χ1n) is 6.67. The summed E-state index contributed by atoms with van der Waals surface area (Å²) in [7, 11) is 0. The summed E-state index contributed by atoms with van der Waals surface area (Å²) in [4.78, 5) is 18.3. The Morgan fingerprint density at radius 1 is 1.44 bits per heavy atom. The normalized spacial score (nSPS) is 17.5. The van der Waals surface area contributed by atoms with Crippen molar-refractivity contribution in [2.75, 3.05) is 26.2 Å². The summed E-state index contributed by atoms with van der Waals surface area (Å²) in [5.74, 6) is 0.623. The zero-order valence-electron chi connectivity index (χ0n) is 10.9. The number of nitrogens with one attached hydrogen (secondary N) is 1. The van der Waals surface area contributed by atoms with Gasteiger partial charge in [-0.2, -0.15) is 0 Å². The molecule has 0 bridgehead atoms. The number of pyridine rings is 1. The molecule has 1 unspecified atom stereocenters. The van der Waals surface area contributed by atoms with Gasteiger partial charge < -0.3 is 10.2 Å². The van der Waals surface area contributed by atoms with Gasteiger partial charge in [-0.25, -0.2) is 0 Å². The van der Waals surface area contributed by atoms with Crippen molar-refractivity contribution < 1.29 is 4.79 Å². The van der Waals surface area contributed by atoms with Crippen LogP contribution in [0.5, 0.6) is 0 Å². The van der Waals surface area contributed by atoms with Crippen molar-refractivity contribution in [3.8, 4) is 0 Å². The highest BCUT2D eigenvalue weighted by Gasteiger charge is 2.17. The maximum Gasteiger partial charge on any atom is 0.222 e. The SMILES string of the molecule is CC(CCC(=O)N1CCNCC1)c1ccccn1. The molecule has 4 heteroatoms. The van der Waals surface area contributed by atoms with Gasteiger partial charge in [0.1, 0.15) is 0 Å². The summed E-state index contributed by atoms with van der Waals surface area (Å²) >= 11 is 0. The van der Waals surface area contributed by atoms with Gasteiger partial charge in [-0.3, -0.25) is 9.78 Å². The summed E-state index contributed by atoms with van der Waals surface area (Å²) in [6.07, 6.45) is 3.31. The van der Waals surface area contributed by atoms with Gasteiger partial charge in [0.2, 0.25) is 5.91 Å². The standard InChI is InChI=1S/C14H21N3O/c1-12(13-4-2-3-7-16-13)5-6-14(18)17-10-8-15-9-11-17/h2-4,7,12,15H,5-6,8-11H2,1H3. The molecule has 1 amide bonds. The molecule has 1 atom stereocenters. The van der Waals surface area contributed by atoms with Crippen LogP contribution in [0, 0.1) is 0 Å². The molecule has 1 saturated heterocycles. The molecule has 0 aliphatic carbocycles.